The van der Waals surface area contributed by atoms with Crippen LogP contribution in [0.2, 0.25) is 0 Å². The summed E-state index contributed by atoms with van der Waals surface area (Å²) in [5, 5.41) is 2.75. The Labute approximate surface area is 178 Å². The molecule has 3 heterocycles. The average molecular weight is 416 g/mol. The molecule has 0 saturated carbocycles. The number of ether oxygens (including phenoxy) is 2. The van der Waals surface area contributed by atoms with Gasteiger partial charge in [-0.15, -0.1) is 0 Å². The first kappa shape index (κ1) is 21.0. The first-order valence-corrected chi connectivity index (χ1v) is 11.2. The molecule has 3 aliphatic rings. The number of carbonyl (C=O) groups is 2. The number of nitrogens with zero attached hydrogens (tertiary/aromatic N) is 2. The average Bonchev–Trinajstić information content (AvgIpc) is 3.04. The van der Waals surface area contributed by atoms with Gasteiger partial charge in [-0.25, -0.2) is 4.79 Å². The zero-order valence-electron chi connectivity index (χ0n) is 18.1. The maximum atomic E-state index is 13.4. The van der Waals surface area contributed by atoms with Crippen molar-refractivity contribution in [3.05, 3.63) is 24.3 Å². The molecule has 164 valence electrons. The number of benzene rings is 1. The maximum Gasteiger partial charge on any atom is 0.411 e. The Morgan fingerprint density at radius 2 is 1.90 bits per heavy atom. The summed E-state index contributed by atoms with van der Waals surface area (Å²) < 4.78 is 10.6. The molecule has 0 radical (unpaired) electrons. The van der Waals surface area contributed by atoms with Crippen molar-refractivity contribution in [2.75, 3.05) is 43.1 Å². The minimum atomic E-state index is -0.445. The van der Waals surface area contributed by atoms with Crippen LogP contribution in [0.25, 0.3) is 0 Å². The lowest BCUT2D eigenvalue weighted by Crippen LogP contribution is -2.50. The Bertz CT molecular complexity index is 760. The Balaban J connectivity index is 1.40. The quantitative estimate of drug-likeness (QED) is 0.813. The zero-order chi connectivity index (χ0) is 21.1. The van der Waals surface area contributed by atoms with E-state index in [1.165, 1.54) is 0 Å². The highest BCUT2D eigenvalue weighted by atomic mass is 16.6. The molecule has 1 aromatic rings. The van der Waals surface area contributed by atoms with E-state index in [-0.39, 0.29) is 11.5 Å². The monoisotopic (exact) mass is 415 g/mol. The van der Waals surface area contributed by atoms with Gasteiger partial charge in [0.05, 0.1) is 11.5 Å². The van der Waals surface area contributed by atoms with Gasteiger partial charge in [0.2, 0.25) is 5.91 Å². The molecule has 0 aromatic heterocycles. The van der Waals surface area contributed by atoms with Crippen LogP contribution < -0.4 is 10.2 Å². The molecule has 2 amide bonds. The smallest absolute Gasteiger partial charge is 0.411 e. The van der Waals surface area contributed by atoms with E-state index in [4.69, 9.17) is 9.47 Å². The fourth-order valence-corrected chi connectivity index (χ4v) is 5.04. The van der Waals surface area contributed by atoms with Gasteiger partial charge >= 0.3 is 6.09 Å². The van der Waals surface area contributed by atoms with Gasteiger partial charge in [0, 0.05) is 50.3 Å². The summed E-state index contributed by atoms with van der Waals surface area (Å²) in [6.45, 7) is 7.77. The maximum absolute atomic E-state index is 13.4. The Morgan fingerprint density at radius 1 is 1.17 bits per heavy atom. The van der Waals surface area contributed by atoms with Crippen LogP contribution in [0.3, 0.4) is 0 Å². The summed E-state index contributed by atoms with van der Waals surface area (Å²) in [7, 11) is 0. The fraction of sp³-hybridized carbons (Fsp3) is 0.652. The third-order valence-electron chi connectivity index (χ3n) is 6.58. The van der Waals surface area contributed by atoms with E-state index in [2.05, 4.69) is 15.1 Å². The predicted octanol–water partition coefficient (Wildman–Crippen LogP) is 3.64. The standard InChI is InChI=1S/C23H33N3O4/c1-17(2)30-22(28)24-18-4-6-19(7-5-18)25-12-3-10-23(16-25)11-13-26(21(23)27)20-8-14-29-15-9-20/h4-7,17,20H,3,8-16H2,1-2H3,(H,24,28)/t23-/m1/s1. The van der Waals surface area contributed by atoms with Crippen molar-refractivity contribution in [2.24, 2.45) is 5.41 Å². The summed E-state index contributed by atoms with van der Waals surface area (Å²) in [5.41, 5.74) is 1.54. The number of rotatable bonds is 4. The molecule has 1 aromatic carbocycles. The van der Waals surface area contributed by atoms with Crippen LogP contribution in [0.5, 0.6) is 0 Å². The molecule has 3 fully saturated rings. The fourth-order valence-electron chi connectivity index (χ4n) is 5.04. The lowest BCUT2D eigenvalue weighted by atomic mass is 9.78. The second kappa shape index (κ2) is 8.84. The van der Waals surface area contributed by atoms with Crippen LogP contribution in [0, 0.1) is 5.41 Å². The molecule has 30 heavy (non-hydrogen) atoms. The van der Waals surface area contributed by atoms with Gasteiger partial charge in [-0.3, -0.25) is 10.1 Å². The van der Waals surface area contributed by atoms with E-state index < -0.39 is 6.09 Å². The predicted molar refractivity (Wildman–Crippen MR) is 116 cm³/mol. The molecule has 0 unspecified atom stereocenters. The third-order valence-corrected chi connectivity index (χ3v) is 6.58. The van der Waals surface area contributed by atoms with Crippen molar-refractivity contribution in [3.8, 4) is 0 Å². The molecule has 7 nitrogen and oxygen atoms in total. The van der Waals surface area contributed by atoms with Crippen molar-refractivity contribution in [2.45, 2.75) is 58.1 Å². The number of carbonyl (C=O) groups excluding carboxylic acids is 2. The molecule has 3 aliphatic heterocycles. The van der Waals surface area contributed by atoms with E-state index in [1.807, 2.05) is 38.1 Å². The number of amides is 2. The van der Waals surface area contributed by atoms with Crippen LogP contribution in [-0.4, -0.2) is 61.9 Å². The number of anilines is 2. The number of hydrogen-bond acceptors (Lipinski definition) is 5. The van der Waals surface area contributed by atoms with Crippen LogP contribution in [0.4, 0.5) is 16.2 Å². The largest absolute Gasteiger partial charge is 0.447 e. The summed E-state index contributed by atoms with van der Waals surface area (Å²) in [4.78, 5) is 29.7. The summed E-state index contributed by atoms with van der Waals surface area (Å²) in [6, 6.07) is 8.16. The third kappa shape index (κ3) is 4.41. The number of piperidine rings is 1. The zero-order valence-corrected chi connectivity index (χ0v) is 18.1. The van der Waals surface area contributed by atoms with Gasteiger partial charge in [0.25, 0.3) is 0 Å². The Hall–Kier alpha value is -2.28. The minimum Gasteiger partial charge on any atom is -0.447 e. The molecular formula is C23H33N3O4. The molecule has 3 saturated heterocycles. The first-order valence-electron chi connectivity index (χ1n) is 11.2. The summed E-state index contributed by atoms with van der Waals surface area (Å²) in [5.74, 6) is 0.341. The first-order chi connectivity index (χ1) is 14.5. The van der Waals surface area contributed by atoms with Gasteiger partial charge in [0.1, 0.15) is 0 Å². The van der Waals surface area contributed by atoms with Gasteiger partial charge in [-0.2, -0.15) is 0 Å². The van der Waals surface area contributed by atoms with E-state index >= 15 is 0 Å². The SMILES string of the molecule is CC(C)OC(=O)Nc1ccc(N2CCC[C@@]3(CCN(C4CCOCC4)C3=O)C2)cc1. The van der Waals surface area contributed by atoms with Gasteiger partial charge < -0.3 is 19.3 Å². The molecule has 1 N–H and O–H groups in total. The Morgan fingerprint density at radius 3 is 2.60 bits per heavy atom. The molecule has 1 atom stereocenters. The second-order valence-corrected chi connectivity index (χ2v) is 9.02. The second-order valence-electron chi connectivity index (χ2n) is 9.02. The summed E-state index contributed by atoms with van der Waals surface area (Å²) in [6.07, 6.45) is 4.26. The van der Waals surface area contributed by atoms with E-state index in [0.717, 1.165) is 70.6 Å². The number of likely N-dealkylation sites (tertiary alicyclic amines) is 1. The van der Waals surface area contributed by atoms with Crippen molar-refractivity contribution >= 4 is 23.4 Å². The van der Waals surface area contributed by atoms with Crippen LogP contribution in [0.1, 0.15) is 46.0 Å². The van der Waals surface area contributed by atoms with Crippen LogP contribution in [0.15, 0.2) is 24.3 Å². The highest BCUT2D eigenvalue weighted by molar-refractivity contribution is 5.87. The molecule has 1 spiro atoms. The molecular weight excluding hydrogens is 382 g/mol. The molecule has 0 aliphatic carbocycles. The van der Waals surface area contributed by atoms with Crippen molar-refractivity contribution in [1.82, 2.24) is 4.90 Å². The minimum absolute atomic E-state index is 0.154. The lowest BCUT2D eigenvalue weighted by Gasteiger charge is -2.41. The summed E-state index contributed by atoms with van der Waals surface area (Å²) >= 11 is 0. The van der Waals surface area contributed by atoms with E-state index in [1.54, 1.807) is 0 Å². The van der Waals surface area contributed by atoms with Crippen molar-refractivity contribution in [3.63, 3.8) is 0 Å². The van der Waals surface area contributed by atoms with E-state index in [0.29, 0.717) is 17.6 Å². The van der Waals surface area contributed by atoms with Gasteiger partial charge in [0.15, 0.2) is 0 Å². The van der Waals surface area contributed by atoms with Gasteiger partial charge in [-0.05, 0) is 70.2 Å². The normalized spacial score (nSPS) is 25.2. The van der Waals surface area contributed by atoms with E-state index in [9.17, 15) is 9.59 Å². The number of hydrogen-bond donors (Lipinski definition) is 1. The highest BCUT2D eigenvalue weighted by Crippen LogP contribution is 2.43. The van der Waals surface area contributed by atoms with Gasteiger partial charge in [-0.1, -0.05) is 0 Å². The lowest BCUT2D eigenvalue weighted by molar-refractivity contribution is -0.139. The Kier molecular flexibility index (Phi) is 6.18. The molecule has 0 bridgehead atoms. The van der Waals surface area contributed by atoms with Crippen molar-refractivity contribution < 1.29 is 19.1 Å². The van der Waals surface area contributed by atoms with Crippen molar-refractivity contribution in [1.29, 1.82) is 0 Å². The van der Waals surface area contributed by atoms with Crippen LogP contribution in [-0.2, 0) is 14.3 Å². The topological polar surface area (TPSA) is 71.1 Å². The number of nitrogens with one attached hydrogen (secondary N) is 1. The highest BCUT2D eigenvalue weighted by Gasteiger charge is 2.50. The van der Waals surface area contributed by atoms with Crippen LogP contribution >= 0.6 is 0 Å². The molecule has 7 heteroatoms. The molecule has 4 rings (SSSR count).